The van der Waals surface area contributed by atoms with Crippen molar-refractivity contribution in [2.45, 2.75) is 25.8 Å². The summed E-state index contributed by atoms with van der Waals surface area (Å²) in [7, 11) is 0. The molecule has 0 saturated heterocycles. The topological polar surface area (TPSA) is 74.9 Å². The number of nitrogens with zero attached hydrogens (tertiary/aromatic N) is 5. The number of thioether (sulfide) groups is 1. The van der Waals surface area contributed by atoms with Gasteiger partial charge in [-0.25, -0.2) is 9.69 Å². The van der Waals surface area contributed by atoms with Gasteiger partial charge in [0.2, 0.25) is 0 Å². The molecule has 0 saturated carbocycles. The number of aryl methyl sites for hydroxylation is 2. The minimum atomic E-state index is -0.643. The number of halogens is 1. The lowest BCUT2D eigenvalue weighted by Gasteiger charge is -2.34. The molecule has 6 rings (SSSR count). The minimum Gasteiger partial charge on any atom is -0.298 e. The van der Waals surface area contributed by atoms with Gasteiger partial charge in [-0.3, -0.25) is 15.1 Å². The van der Waals surface area contributed by atoms with E-state index in [1.165, 1.54) is 17.3 Å². The lowest BCUT2D eigenvalue weighted by molar-refractivity contribution is -0.116. The first-order chi connectivity index (χ1) is 18.0. The zero-order valence-corrected chi connectivity index (χ0v) is 21.8. The van der Waals surface area contributed by atoms with Crippen molar-refractivity contribution >= 4 is 40.1 Å². The number of fused-ring (bicyclic) bond motifs is 2. The van der Waals surface area contributed by atoms with Crippen molar-refractivity contribution in [3.05, 3.63) is 117 Å². The highest BCUT2D eigenvalue weighted by Crippen LogP contribution is 2.37. The Balaban J connectivity index is 1.44. The summed E-state index contributed by atoms with van der Waals surface area (Å²) in [5.74, 6) is 0.449. The summed E-state index contributed by atoms with van der Waals surface area (Å²) >= 11 is 8.41. The zero-order chi connectivity index (χ0) is 25.5. The van der Waals surface area contributed by atoms with Crippen molar-refractivity contribution in [1.29, 1.82) is 0 Å². The third-order valence-electron chi connectivity index (χ3n) is 6.32. The molecule has 7 nitrogen and oxygen atoms in total. The number of carbonyl (C=O) groups is 1. The summed E-state index contributed by atoms with van der Waals surface area (Å²) in [6.07, 6.45) is -0.643. The van der Waals surface area contributed by atoms with Crippen LogP contribution >= 0.6 is 23.4 Å². The molecule has 0 unspecified atom stereocenters. The number of carbonyl (C=O) groups excluding carboxylic acids is 1. The van der Waals surface area contributed by atoms with Gasteiger partial charge >= 0.3 is 0 Å². The van der Waals surface area contributed by atoms with Crippen LogP contribution in [-0.2, 0) is 10.5 Å². The summed E-state index contributed by atoms with van der Waals surface area (Å²) in [6, 6.07) is 25.6. The number of rotatable bonds is 4. The Bertz CT molecular complexity index is 1660. The third-order valence-corrected chi connectivity index (χ3v) is 7.62. The maximum absolute atomic E-state index is 13.5. The van der Waals surface area contributed by atoms with Gasteiger partial charge in [0.1, 0.15) is 10.9 Å². The molecule has 4 aromatic rings. The first-order valence-corrected chi connectivity index (χ1v) is 13.2. The van der Waals surface area contributed by atoms with Crippen LogP contribution in [0.5, 0.6) is 0 Å². The lowest BCUT2D eigenvalue weighted by Crippen LogP contribution is -2.50. The van der Waals surface area contributed by atoms with Gasteiger partial charge in [0.15, 0.2) is 11.3 Å². The van der Waals surface area contributed by atoms with Crippen LogP contribution in [-0.4, -0.2) is 25.9 Å². The molecule has 3 heterocycles. The van der Waals surface area contributed by atoms with Gasteiger partial charge < -0.3 is 0 Å². The fourth-order valence-corrected chi connectivity index (χ4v) is 5.64. The van der Waals surface area contributed by atoms with E-state index < -0.39 is 6.17 Å². The fourth-order valence-electron chi connectivity index (χ4n) is 4.46. The molecular weight excluding hydrogens is 504 g/mol. The second kappa shape index (κ2) is 9.53. The predicted octanol–water partition coefficient (Wildman–Crippen LogP) is 4.22. The summed E-state index contributed by atoms with van der Waals surface area (Å²) in [5.41, 5.74) is 5.07. The van der Waals surface area contributed by atoms with Gasteiger partial charge in [-0.1, -0.05) is 89.6 Å². The van der Waals surface area contributed by atoms with Gasteiger partial charge in [0.05, 0.1) is 22.3 Å². The molecule has 2 aliphatic rings. The van der Waals surface area contributed by atoms with Crippen molar-refractivity contribution in [2.24, 2.45) is 10.1 Å². The molecule has 9 heteroatoms. The van der Waals surface area contributed by atoms with E-state index in [1.54, 1.807) is 9.69 Å². The van der Waals surface area contributed by atoms with Crippen molar-refractivity contribution in [3.8, 4) is 5.69 Å². The summed E-state index contributed by atoms with van der Waals surface area (Å²) in [5, 5.41) is 16.6. The monoisotopic (exact) mass is 526 g/mol. The SMILES string of the molecule is Cc1ccc(CSC2=NN3C(=c4ccccc4=N[C@H]3c3c(C)nn(-c4ccccc4)c3Cl)C(=O)N2)cc1. The summed E-state index contributed by atoms with van der Waals surface area (Å²) in [4.78, 5) is 18.4. The van der Waals surface area contributed by atoms with E-state index in [1.807, 2.05) is 61.5 Å². The Labute approximate surface area is 223 Å². The molecule has 0 radical (unpaired) electrons. The van der Waals surface area contributed by atoms with Gasteiger partial charge in [-0.05, 0) is 37.6 Å². The molecule has 2 aliphatic heterocycles. The zero-order valence-electron chi connectivity index (χ0n) is 20.2. The smallest absolute Gasteiger partial charge is 0.276 e. The standard InChI is InChI=1S/C28H23ClN6OS/c1-17-12-14-19(15-13-17)16-37-28-31-27(36)24-21-10-6-7-11-22(21)30-26(35(24)33-28)23-18(2)32-34(25(23)29)20-8-4-3-5-9-20/h3-15,26H,16H2,1-2H3,(H,31,33,36)/t26-/m1/s1. The Morgan fingerprint density at radius 2 is 1.70 bits per heavy atom. The van der Waals surface area contributed by atoms with Crippen LogP contribution in [0.3, 0.4) is 0 Å². The van der Waals surface area contributed by atoms with Crippen molar-refractivity contribution in [2.75, 3.05) is 0 Å². The van der Waals surface area contributed by atoms with E-state index in [9.17, 15) is 4.79 Å². The Hall–Kier alpha value is -3.88. The average Bonchev–Trinajstić information content (AvgIpc) is 3.21. The molecule has 1 N–H and O–H groups in total. The van der Waals surface area contributed by atoms with E-state index in [-0.39, 0.29) is 5.91 Å². The second-order valence-electron chi connectivity index (χ2n) is 8.88. The maximum Gasteiger partial charge on any atom is 0.276 e. The van der Waals surface area contributed by atoms with Crippen LogP contribution in [0.25, 0.3) is 11.4 Å². The average molecular weight is 527 g/mol. The summed E-state index contributed by atoms with van der Waals surface area (Å²) in [6.45, 7) is 3.96. The quantitative estimate of drug-likeness (QED) is 0.432. The van der Waals surface area contributed by atoms with Crippen LogP contribution < -0.4 is 15.9 Å². The van der Waals surface area contributed by atoms with E-state index >= 15 is 0 Å². The highest BCUT2D eigenvalue weighted by molar-refractivity contribution is 8.13. The van der Waals surface area contributed by atoms with Gasteiger partial charge in [-0.2, -0.15) is 5.10 Å². The number of benzene rings is 3. The highest BCUT2D eigenvalue weighted by Gasteiger charge is 2.37. The minimum absolute atomic E-state index is 0.224. The maximum atomic E-state index is 13.5. The molecule has 1 amide bonds. The van der Waals surface area contributed by atoms with Crippen LogP contribution in [0.15, 0.2) is 89.0 Å². The molecule has 1 aromatic heterocycles. The van der Waals surface area contributed by atoms with Gasteiger partial charge in [-0.15, -0.1) is 5.10 Å². The molecule has 0 bridgehead atoms. The van der Waals surface area contributed by atoms with Gasteiger partial charge in [0.25, 0.3) is 5.91 Å². The number of hydrazone groups is 1. The molecule has 184 valence electrons. The van der Waals surface area contributed by atoms with Crippen LogP contribution in [0.1, 0.15) is 28.6 Å². The molecular formula is C28H23ClN6OS. The molecule has 37 heavy (non-hydrogen) atoms. The van der Waals surface area contributed by atoms with E-state index in [0.29, 0.717) is 32.7 Å². The molecule has 0 spiro atoms. The fraction of sp³-hybridized carbons (Fsp3) is 0.143. The molecule has 0 aliphatic carbocycles. The Morgan fingerprint density at radius 3 is 2.49 bits per heavy atom. The lowest BCUT2D eigenvalue weighted by atomic mass is 10.1. The number of hydrogen-bond acceptors (Lipinski definition) is 6. The van der Waals surface area contributed by atoms with E-state index in [2.05, 4.69) is 36.5 Å². The van der Waals surface area contributed by atoms with Gasteiger partial charge in [0, 0.05) is 11.0 Å². The largest absolute Gasteiger partial charge is 0.298 e. The normalized spacial score (nSPS) is 16.5. The highest BCUT2D eigenvalue weighted by atomic mass is 35.5. The number of nitrogens with one attached hydrogen (secondary N) is 1. The van der Waals surface area contributed by atoms with Crippen LogP contribution in [0.2, 0.25) is 5.15 Å². The molecule has 3 aromatic carbocycles. The third kappa shape index (κ3) is 4.32. The molecule has 1 atom stereocenters. The Morgan fingerprint density at radius 1 is 0.973 bits per heavy atom. The number of amidine groups is 1. The number of hydrogen-bond donors (Lipinski definition) is 1. The molecule has 0 fully saturated rings. The second-order valence-corrected chi connectivity index (χ2v) is 10.2. The van der Waals surface area contributed by atoms with Crippen LogP contribution in [0, 0.1) is 13.8 Å². The van der Waals surface area contributed by atoms with Crippen molar-refractivity contribution in [3.63, 3.8) is 0 Å². The number of para-hydroxylation sites is 2. The van der Waals surface area contributed by atoms with Crippen LogP contribution in [0.4, 0.5) is 0 Å². The predicted molar refractivity (Wildman–Crippen MR) is 147 cm³/mol. The Kier molecular flexibility index (Phi) is 6.06. The summed E-state index contributed by atoms with van der Waals surface area (Å²) < 4.78 is 1.70. The van der Waals surface area contributed by atoms with Crippen molar-refractivity contribution < 1.29 is 4.79 Å². The van der Waals surface area contributed by atoms with E-state index in [4.69, 9.17) is 26.8 Å². The first-order valence-electron chi connectivity index (χ1n) is 11.8. The van der Waals surface area contributed by atoms with E-state index in [0.717, 1.165) is 22.2 Å². The number of amides is 1. The number of aromatic nitrogens is 2. The van der Waals surface area contributed by atoms with Crippen molar-refractivity contribution in [1.82, 2.24) is 20.1 Å². The first kappa shape index (κ1) is 23.5.